The lowest BCUT2D eigenvalue weighted by atomic mass is 10.3. The Bertz CT molecular complexity index is 525. The van der Waals surface area contributed by atoms with E-state index in [0.717, 1.165) is 35.9 Å². The first-order valence-electron chi connectivity index (χ1n) is 6.06. The van der Waals surface area contributed by atoms with Crippen molar-refractivity contribution in [1.29, 1.82) is 0 Å². The van der Waals surface area contributed by atoms with E-state index in [4.69, 9.17) is 11.6 Å². The van der Waals surface area contributed by atoms with Gasteiger partial charge in [-0.2, -0.15) is 0 Å². The Labute approximate surface area is 116 Å². The van der Waals surface area contributed by atoms with Crippen LogP contribution < -0.4 is 5.32 Å². The third kappa shape index (κ3) is 2.88. The van der Waals surface area contributed by atoms with Gasteiger partial charge in [0.1, 0.15) is 10.7 Å². The molecule has 0 aliphatic carbocycles. The molecule has 0 saturated heterocycles. The third-order valence-electron chi connectivity index (χ3n) is 2.61. The number of aromatic nitrogens is 2. The maximum absolute atomic E-state index is 6.16. The van der Waals surface area contributed by atoms with Gasteiger partial charge in [0.2, 0.25) is 0 Å². The Kier molecular flexibility index (Phi) is 4.69. The van der Waals surface area contributed by atoms with Gasteiger partial charge in [-0.15, -0.1) is 11.3 Å². The molecule has 0 saturated carbocycles. The first-order chi connectivity index (χ1) is 8.76. The van der Waals surface area contributed by atoms with Gasteiger partial charge in [-0.1, -0.05) is 25.4 Å². The van der Waals surface area contributed by atoms with Gasteiger partial charge in [-0.25, -0.2) is 4.98 Å². The fraction of sp³-hybridized carbons (Fsp3) is 0.385. The van der Waals surface area contributed by atoms with Crippen LogP contribution in [0.4, 0.5) is 0 Å². The minimum Gasteiger partial charge on any atom is -0.312 e. The summed E-state index contributed by atoms with van der Waals surface area (Å²) < 4.78 is 0. The highest BCUT2D eigenvalue weighted by molar-refractivity contribution is 7.15. The summed E-state index contributed by atoms with van der Waals surface area (Å²) in [5.41, 5.74) is 1.92. The number of pyridine rings is 1. The summed E-state index contributed by atoms with van der Waals surface area (Å²) in [6.45, 7) is 6.04. The van der Waals surface area contributed by atoms with E-state index >= 15 is 0 Å². The monoisotopic (exact) mass is 281 g/mol. The molecule has 0 radical (unpaired) electrons. The molecule has 0 unspecified atom stereocenters. The molecule has 0 fully saturated rings. The molecule has 2 aromatic rings. The largest absolute Gasteiger partial charge is 0.312 e. The molecule has 1 N–H and O–H groups in total. The Morgan fingerprint density at radius 1 is 1.39 bits per heavy atom. The maximum Gasteiger partial charge on any atom is 0.143 e. The van der Waals surface area contributed by atoms with Crippen LogP contribution in [0.2, 0.25) is 5.02 Å². The van der Waals surface area contributed by atoms with Crippen LogP contribution >= 0.6 is 22.9 Å². The molecule has 2 aromatic heterocycles. The van der Waals surface area contributed by atoms with Gasteiger partial charge in [0.25, 0.3) is 0 Å². The molecule has 3 nitrogen and oxygen atoms in total. The summed E-state index contributed by atoms with van der Waals surface area (Å²) in [4.78, 5) is 10.2. The minimum atomic E-state index is 0.656. The molecule has 2 rings (SSSR count). The smallest absolute Gasteiger partial charge is 0.143 e. The lowest BCUT2D eigenvalue weighted by Crippen LogP contribution is -2.11. The van der Waals surface area contributed by atoms with Crippen LogP contribution in [0, 0.1) is 0 Å². The summed E-state index contributed by atoms with van der Waals surface area (Å²) in [6, 6.07) is 3.68. The standard InChI is InChI=1S/C13H16ClN3S/c1-3-10-11(8-15-4-2)18-13(17-10)12-9(14)6-5-7-16-12/h5-7,15H,3-4,8H2,1-2H3. The maximum atomic E-state index is 6.16. The summed E-state index contributed by atoms with van der Waals surface area (Å²) in [7, 11) is 0. The molecule has 0 aliphatic heterocycles. The van der Waals surface area contributed by atoms with Crippen molar-refractivity contribution in [2.24, 2.45) is 0 Å². The summed E-state index contributed by atoms with van der Waals surface area (Å²) in [5, 5.41) is 4.90. The van der Waals surface area contributed by atoms with Crippen molar-refractivity contribution in [3.05, 3.63) is 33.9 Å². The van der Waals surface area contributed by atoms with Crippen LogP contribution in [0.5, 0.6) is 0 Å². The van der Waals surface area contributed by atoms with Gasteiger partial charge >= 0.3 is 0 Å². The number of halogens is 1. The van der Waals surface area contributed by atoms with Gasteiger partial charge in [0, 0.05) is 17.6 Å². The average molecular weight is 282 g/mol. The fourth-order valence-corrected chi connectivity index (χ4v) is 3.08. The van der Waals surface area contributed by atoms with Gasteiger partial charge in [0.05, 0.1) is 10.7 Å². The molecule has 0 aromatic carbocycles. The molecular formula is C13H16ClN3S. The number of hydrogen-bond acceptors (Lipinski definition) is 4. The topological polar surface area (TPSA) is 37.8 Å². The first kappa shape index (κ1) is 13.5. The highest BCUT2D eigenvalue weighted by Crippen LogP contribution is 2.31. The Morgan fingerprint density at radius 2 is 2.22 bits per heavy atom. The van der Waals surface area contributed by atoms with Crippen LogP contribution in [0.15, 0.2) is 18.3 Å². The van der Waals surface area contributed by atoms with E-state index in [9.17, 15) is 0 Å². The molecule has 0 spiro atoms. The van der Waals surface area contributed by atoms with Gasteiger partial charge in [-0.05, 0) is 25.1 Å². The summed E-state index contributed by atoms with van der Waals surface area (Å²) in [6.07, 6.45) is 2.68. The molecule has 18 heavy (non-hydrogen) atoms. The fourth-order valence-electron chi connectivity index (χ4n) is 1.68. The van der Waals surface area contributed by atoms with Crippen LogP contribution in [-0.4, -0.2) is 16.5 Å². The average Bonchev–Trinajstić information content (AvgIpc) is 2.80. The zero-order valence-corrected chi connectivity index (χ0v) is 12.1. The van der Waals surface area contributed by atoms with Gasteiger partial charge in [-0.3, -0.25) is 4.98 Å². The lowest BCUT2D eigenvalue weighted by molar-refractivity contribution is 0.727. The number of nitrogens with one attached hydrogen (secondary N) is 1. The Hall–Kier alpha value is -0.970. The number of hydrogen-bond donors (Lipinski definition) is 1. The highest BCUT2D eigenvalue weighted by atomic mass is 35.5. The zero-order chi connectivity index (χ0) is 13.0. The second kappa shape index (κ2) is 6.27. The van der Waals surface area contributed by atoms with Crippen molar-refractivity contribution in [3.63, 3.8) is 0 Å². The summed E-state index contributed by atoms with van der Waals surface area (Å²) >= 11 is 7.83. The number of nitrogens with zero attached hydrogens (tertiary/aromatic N) is 2. The molecule has 0 amide bonds. The second-order valence-electron chi connectivity index (χ2n) is 3.86. The van der Waals surface area contributed by atoms with Crippen LogP contribution in [-0.2, 0) is 13.0 Å². The number of thiazole rings is 1. The van der Waals surface area contributed by atoms with Crippen molar-refractivity contribution in [3.8, 4) is 10.7 Å². The first-order valence-corrected chi connectivity index (χ1v) is 7.25. The van der Waals surface area contributed by atoms with Crippen molar-refractivity contribution in [2.45, 2.75) is 26.8 Å². The predicted octanol–water partition coefficient (Wildman–Crippen LogP) is 3.53. The number of rotatable bonds is 5. The highest BCUT2D eigenvalue weighted by Gasteiger charge is 2.13. The summed E-state index contributed by atoms with van der Waals surface area (Å²) in [5.74, 6) is 0. The van der Waals surface area contributed by atoms with Gasteiger partial charge in [0.15, 0.2) is 0 Å². The quantitative estimate of drug-likeness (QED) is 0.911. The van der Waals surface area contributed by atoms with Crippen LogP contribution in [0.1, 0.15) is 24.4 Å². The molecule has 96 valence electrons. The molecule has 0 aliphatic rings. The predicted molar refractivity (Wildman–Crippen MR) is 77.1 cm³/mol. The van der Waals surface area contributed by atoms with E-state index in [0.29, 0.717) is 5.02 Å². The minimum absolute atomic E-state index is 0.656. The normalized spacial score (nSPS) is 10.8. The van der Waals surface area contributed by atoms with Crippen molar-refractivity contribution >= 4 is 22.9 Å². The second-order valence-corrected chi connectivity index (χ2v) is 5.35. The van der Waals surface area contributed by atoms with E-state index in [1.807, 2.05) is 12.1 Å². The molecule has 0 bridgehead atoms. The lowest BCUT2D eigenvalue weighted by Gasteiger charge is -1.99. The van der Waals surface area contributed by atoms with Crippen molar-refractivity contribution in [2.75, 3.05) is 6.54 Å². The van der Waals surface area contributed by atoms with Crippen LogP contribution in [0.3, 0.4) is 0 Å². The molecule has 5 heteroatoms. The third-order valence-corrected chi connectivity index (χ3v) is 4.02. The van der Waals surface area contributed by atoms with Gasteiger partial charge < -0.3 is 5.32 Å². The molecule has 0 atom stereocenters. The Morgan fingerprint density at radius 3 is 2.89 bits per heavy atom. The molecule has 2 heterocycles. The SMILES string of the molecule is CCNCc1sc(-c2ncccc2Cl)nc1CC. The van der Waals surface area contributed by atoms with E-state index in [1.165, 1.54) is 4.88 Å². The van der Waals surface area contributed by atoms with E-state index < -0.39 is 0 Å². The van der Waals surface area contributed by atoms with Crippen LogP contribution in [0.25, 0.3) is 10.7 Å². The Balaban J connectivity index is 2.35. The van der Waals surface area contributed by atoms with E-state index in [1.54, 1.807) is 17.5 Å². The van der Waals surface area contributed by atoms with Crippen molar-refractivity contribution in [1.82, 2.24) is 15.3 Å². The van der Waals surface area contributed by atoms with E-state index in [2.05, 4.69) is 29.1 Å². The number of aryl methyl sites for hydroxylation is 1. The van der Waals surface area contributed by atoms with E-state index in [-0.39, 0.29) is 0 Å². The zero-order valence-electron chi connectivity index (χ0n) is 10.5. The van der Waals surface area contributed by atoms with Crippen molar-refractivity contribution < 1.29 is 0 Å². The molecular weight excluding hydrogens is 266 g/mol.